The van der Waals surface area contributed by atoms with E-state index in [0.717, 1.165) is 18.2 Å². The molecule has 0 amide bonds. The third kappa shape index (κ3) is 2.80. The van der Waals surface area contributed by atoms with Crippen LogP contribution in [0.2, 0.25) is 0 Å². The highest BCUT2D eigenvalue weighted by atomic mass is 19.1. The van der Waals surface area contributed by atoms with Crippen LogP contribution in [0.15, 0.2) is 24.3 Å². The Balaban J connectivity index is 2.25. The molecule has 1 heterocycles. The SMILES string of the molecule is Cc1cc([N+](=O)[O-])nn1C[C@H](O)c1cc(F)ccc1F. The maximum Gasteiger partial charge on any atom is 0.390 e. The molecule has 0 unspecified atom stereocenters. The van der Waals surface area contributed by atoms with Gasteiger partial charge in [-0.3, -0.25) is 0 Å². The fraction of sp³-hybridized carbons (Fsp3) is 0.250. The molecule has 0 radical (unpaired) electrons. The summed E-state index contributed by atoms with van der Waals surface area (Å²) < 4.78 is 27.7. The van der Waals surface area contributed by atoms with Crippen LogP contribution in [0.5, 0.6) is 0 Å². The first-order valence-corrected chi connectivity index (χ1v) is 5.70. The van der Waals surface area contributed by atoms with Gasteiger partial charge in [-0.25, -0.2) is 8.78 Å². The van der Waals surface area contributed by atoms with Gasteiger partial charge in [-0.15, -0.1) is 0 Å². The lowest BCUT2D eigenvalue weighted by atomic mass is 10.1. The van der Waals surface area contributed by atoms with Gasteiger partial charge in [0, 0.05) is 5.56 Å². The molecular weight excluding hydrogens is 272 g/mol. The maximum absolute atomic E-state index is 13.5. The largest absolute Gasteiger partial charge is 0.390 e. The standard InChI is InChI=1S/C12H11F2N3O3/c1-7-4-12(17(19)20)15-16(7)6-11(18)9-5-8(13)2-3-10(9)14/h2-5,11,18H,6H2,1H3/t11-/m0/s1. The van der Waals surface area contributed by atoms with E-state index in [1.54, 1.807) is 6.92 Å². The van der Waals surface area contributed by atoms with Crippen molar-refractivity contribution < 1.29 is 18.8 Å². The molecule has 0 fully saturated rings. The predicted octanol–water partition coefficient (Wildman–Crippen LogP) is 2.11. The van der Waals surface area contributed by atoms with Crippen LogP contribution in [0.1, 0.15) is 17.4 Å². The molecule has 1 atom stereocenters. The van der Waals surface area contributed by atoms with Crippen molar-refractivity contribution >= 4 is 5.82 Å². The fourth-order valence-corrected chi connectivity index (χ4v) is 1.80. The van der Waals surface area contributed by atoms with Crippen molar-refractivity contribution in [1.29, 1.82) is 0 Å². The van der Waals surface area contributed by atoms with Crippen LogP contribution in [0, 0.1) is 28.7 Å². The molecule has 1 aromatic heterocycles. The van der Waals surface area contributed by atoms with Crippen LogP contribution < -0.4 is 0 Å². The minimum atomic E-state index is -1.36. The van der Waals surface area contributed by atoms with E-state index in [4.69, 9.17) is 0 Å². The number of nitrogens with zero attached hydrogens (tertiary/aromatic N) is 3. The van der Waals surface area contributed by atoms with Crippen molar-refractivity contribution in [3.05, 3.63) is 57.3 Å². The highest BCUT2D eigenvalue weighted by Gasteiger charge is 2.20. The Morgan fingerprint density at radius 3 is 2.75 bits per heavy atom. The monoisotopic (exact) mass is 283 g/mol. The Labute approximate surface area is 112 Å². The second-order valence-electron chi connectivity index (χ2n) is 4.26. The number of hydrogen-bond donors (Lipinski definition) is 1. The lowest BCUT2D eigenvalue weighted by Crippen LogP contribution is -2.13. The van der Waals surface area contributed by atoms with E-state index >= 15 is 0 Å². The first-order chi connectivity index (χ1) is 9.38. The van der Waals surface area contributed by atoms with Crippen LogP contribution in [0.4, 0.5) is 14.6 Å². The van der Waals surface area contributed by atoms with Crippen molar-refractivity contribution in [2.75, 3.05) is 0 Å². The number of benzene rings is 1. The Hall–Kier alpha value is -2.35. The Kier molecular flexibility index (Phi) is 3.75. The highest BCUT2D eigenvalue weighted by Crippen LogP contribution is 2.21. The smallest absolute Gasteiger partial charge is 0.386 e. The molecule has 0 bridgehead atoms. The fourth-order valence-electron chi connectivity index (χ4n) is 1.80. The second kappa shape index (κ2) is 5.33. The summed E-state index contributed by atoms with van der Waals surface area (Å²) in [4.78, 5) is 9.91. The molecule has 0 saturated heterocycles. The van der Waals surface area contributed by atoms with Gasteiger partial charge in [0.2, 0.25) is 0 Å². The Morgan fingerprint density at radius 2 is 2.15 bits per heavy atom. The summed E-state index contributed by atoms with van der Waals surface area (Å²) in [6.07, 6.45) is -1.36. The average molecular weight is 283 g/mol. The molecular formula is C12H11F2N3O3. The lowest BCUT2D eigenvalue weighted by molar-refractivity contribution is -0.389. The molecule has 2 aromatic rings. The number of halogens is 2. The lowest BCUT2D eigenvalue weighted by Gasteiger charge is -2.11. The predicted molar refractivity (Wildman–Crippen MR) is 64.9 cm³/mol. The van der Waals surface area contributed by atoms with Gasteiger partial charge in [0.1, 0.15) is 17.7 Å². The summed E-state index contributed by atoms with van der Waals surface area (Å²) in [6, 6.07) is 3.96. The first-order valence-electron chi connectivity index (χ1n) is 5.70. The minimum Gasteiger partial charge on any atom is -0.386 e. The second-order valence-corrected chi connectivity index (χ2v) is 4.26. The number of aliphatic hydroxyl groups is 1. The van der Waals surface area contributed by atoms with Crippen molar-refractivity contribution in [2.24, 2.45) is 0 Å². The summed E-state index contributed by atoms with van der Waals surface area (Å²) in [6.45, 7) is 1.36. The maximum atomic E-state index is 13.5. The molecule has 0 spiro atoms. The van der Waals surface area contributed by atoms with E-state index in [-0.39, 0.29) is 17.9 Å². The number of aryl methyl sites for hydroxylation is 1. The van der Waals surface area contributed by atoms with Crippen LogP contribution in [0.25, 0.3) is 0 Å². The molecule has 0 aliphatic rings. The molecule has 1 N–H and O–H groups in total. The number of nitro groups is 1. The summed E-state index contributed by atoms with van der Waals surface area (Å²) in [5.74, 6) is -1.80. The number of hydrogen-bond acceptors (Lipinski definition) is 4. The van der Waals surface area contributed by atoms with Gasteiger partial charge < -0.3 is 15.2 Å². The zero-order chi connectivity index (χ0) is 14.9. The van der Waals surface area contributed by atoms with Crippen LogP contribution in [-0.2, 0) is 6.54 Å². The van der Waals surface area contributed by atoms with Crippen molar-refractivity contribution in [2.45, 2.75) is 19.6 Å². The van der Waals surface area contributed by atoms with Crippen molar-refractivity contribution in [1.82, 2.24) is 9.78 Å². The van der Waals surface area contributed by atoms with Gasteiger partial charge in [-0.2, -0.15) is 4.68 Å². The van der Waals surface area contributed by atoms with Crippen LogP contribution in [-0.4, -0.2) is 19.8 Å². The summed E-state index contributed by atoms with van der Waals surface area (Å²) in [7, 11) is 0. The summed E-state index contributed by atoms with van der Waals surface area (Å²) in [5, 5.41) is 24.2. The van der Waals surface area contributed by atoms with E-state index in [2.05, 4.69) is 5.10 Å². The van der Waals surface area contributed by atoms with Gasteiger partial charge >= 0.3 is 5.82 Å². The number of rotatable bonds is 4. The summed E-state index contributed by atoms with van der Waals surface area (Å²) >= 11 is 0. The zero-order valence-corrected chi connectivity index (χ0v) is 10.5. The van der Waals surface area contributed by atoms with Gasteiger partial charge in [0.05, 0.1) is 23.4 Å². The number of aromatic nitrogens is 2. The molecule has 1 aromatic carbocycles. The van der Waals surface area contributed by atoms with E-state index < -0.39 is 22.7 Å². The van der Waals surface area contributed by atoms with Crippen LogP contribution >= 0.6 is 0 Å². The normalized spacial score (nSPS) is 12.4. The minimum absolute atomic E-state index is 0.208. The number of aliphatic hydroxyl groups excluding tert-OH is 1. The molecule has 106 valence electrons. The average Bonchev–Trinajstić information content (AvgIpc) is 2.74. The topological polar surface area (TPSA) is 81.2 Å². The third-order valence-electron chi connectivity index (χ3n) is 2.82. The summed E-state index contributed by atoms with van der Waals surface area (Å²) in [5.41, 5.74) is 0.218. The molecule has 2 rings (SSSR count). The van der Waals surface area contributed by atoms with Gasteiger partial charge in [-0.05, 0) is 30.0 Å². The van der Waals surface area contributed by atoms with Crippen LogP contribution in [0.3, 0.4) is 0 Å². The molecule has 8 heteroatoms. The van der Waals surface area contributed by atoms with Crippen molar-refractivity contribution in [3.63, 3.8) is 0 Å². The van der Waals surface area contributed by atoms with Gasteiger partial charge in [0.15, 0.2) is 0 Å². The molecule has 0 aliphatic heterocycles. The van der Waals surface area contributed by atoms with E-state index in [1.165, 1.54) is 10.7 Å². The van der Waals surface area contributed by atoms with Gasteiger partial charge in [-0.1, -0.05) is 0 Å². The first kappa shape index (κ1) is 14.1. The van der Waals surface area contributed by atoms with E-state index in [1.807, 2.05) is 0 Å². The molecule has 0 saturated carbocycles. The Bertz CT molecular complexity index is 657. The molecule has 20 heavy (non-hydrogen) atoms. The van der Waals surface area contributed by atoms with Crippen molar-refractivity contribution in [3.8, 4) is 0 Å². The van der Waals surface area contributed by atoms with E-state index in [9.17, 15) is 24.0 Å². The highest BCUT2D eigenvalue weighted by molar-refractivity contribution is 5.23. The van der Waals surface area contributed by atoms with E-state index in [0.29, 0.717) is 5.69 Å². The Morgan fingerprint density at radius 1 is 1.45 bits per heavy atom. The van der Waals surface area contributed by atoms with Gasteiger partial charge in [0.25, 0.3) is 0 Å². The molecule has 0 aliphatic carbocycles. The third-order valence-corrected chi connectivity index (χ3v) is 2.82. The molecule has 6 nitrogen and oxygen atoms in total. The quantitative estimate of drug-likeness (QED) is 0.688. The zero-order valence-electron chi connectivity index (χ0n) is 10.5.